The van der Waals surface area contributed by atoms with Crippen molar-refractivity contribution in [3.05, 3.63) is 44.2 Å². The lowest BCUT2D eigenvalue weighted by Gasteiger charge is -2.06. The number of carboxylic acid groups (broad SMARTS) is 1. The predicted octanol–water partition coefficient (Wildman–Crippen LogP) is 3.14. The minimum absolute atomic E-state index is 0.0112. The van der Waals surface area contributed by atoms with Crippen LogP contribution in [0, 0.1) is 10.5 Å². The Labute approximate surface area is 116 Å². The summed E-state index contributed by atoms with van der Waals surface area (Å²) in [5, 5.41) is 13.4. The Morgan fingerprint density at radius 3 is 2.71 bits per heavy atom. The van der Waals surface area contributed by atoms with Crippen LogP contribution in [0.25, 0.3) is 5.69 Å². The van der Waals surface area contributed by atoms with Crippen LogP contribution in [0.3, 0.4) is 0 Å². The van der Waals surface area contributed by atoms with Gasteiger partial charge in [-0.15, -0.1) is 0 Å². The number of rotatable bonds is 2. The van der Waals surface area contributed by atoms with Gasteiger partial charge in [-0.2, -0.15) is 5.10 Å². The number of carboxylic acids is 1. The van der Waals surface area contributed by atoms with E-state index in [1.807, 2.05) is 12.1 Å². The maximum atomic E-state index is 10.8. The molecule has 0 radical (unpaired) electrons. The molecular formula is C11H8ClIN2O2. The van der Waals surface area contributed by atoms with Crippen molar-refractivity contribution in [3.8, 4) is 5.69 Å². The summed E-state index contributed by atoms with van der Waals surface area (Å²) in [6.07, 6.45) is 0. The van der Waals surface area contributed by atoms with Gasteiger partial charge in [-0.05, 0) is 53.8 Å². The highest BCUT2D eigenvalue weighted by Crippen LogP contribution is 2.23. The number of nitrogens with zero attached hydrogens (tertiary/aromatic N) is 2. The first kappa shape index (κ1) is 12.4. The minimum atomic E-state index is -1.05. The number of halogens is 2. The lowest BCUT2D eigenvalue weighted by molar-refractivity contribution is 0.0690. The van der Waals surface area contributed by atoms with Crippen molar-refractivity contribution in [2.75, 3.05) is 0 Å². The van der Waals surface area contributed by atoms with Crippen molar-refractivity contribution in [2.45, 2.75) is 6.92 Å². The molecule has 0 amide bonds. The molecule has 0 saturated heterocycles. The third-order valence-electron chi connectivity index (χ3n) is 2.24. The molecule has 4 nitrogen and oxygen atoms in total. The van der Waals surface area contributed by atoms with Crippen LogP contribution in [0.4, 0.5) is 0 Å². The fourth-order valence-electron chi connectivity index (χ4n) is 1.48. The Morgan fingerprint density at radius 1 is 1.47 bits per heavy atom. The molecule has 0 aliphatic rings. The highest BCUT2D eigenvalue weighted by molar-refractivity contribution is 14.1. The molecule has 1 N–H and O–H groups in total. The summed E-state index contributed by atoms with van der Waals surface area (Å²) in [5.41, 5.74) is 1.42. The minimum Gasteiger partial charge on any atom is -0.476 e. The summed E-state index contributed by atoms with van der Waals surface area (Å²) in [7, 11) is 0. The van der Waals surface area contributed by atoms with Crippen molar-refractivity contribution >= 4 is 40.2 Å². The molecule has 0 aliphatic heterocycles. The summed E-state index contributed by atoms with van der Waals surface area (Å²) < 4.78 is 2.54. The maximum absolute atomic E-state index is 10.8. The van der Waals surface area contributed by atoms with E-state index in [2.05, 4.69) is 27.7 Å². The molecule has 0 unspecified atom stereocenters. The van der Waals surface area contributed by atoms with E-state index in [1.165, 1.54) is 10.7 Å². The standard InChI is InChI=1S/C11H8ClIN2O2/c1-6-4-9(11(16)17)14-15(6)10-3-2-7(13)5-8(10)12/h2-5H,1H3,(H,16,17). The van der Waals surface area contributed by atoms with Crippen molar-refractivity contribution < 1.29 is 9.90 Å². The second kappa shape index (κ2) is 4.66. The zero-order valence-electron chi connectivity index (χ0n) is 8.82. The van der Waals surface area contributed by atoms with Crippen molar-refractivity contribution in [1.82, 2.24) is 9.78 Å². The molecule has 6 heteroatoms. The van der Waals surface area contributed by atoms with Crippen LogP contribution in [-0.2, 0) is 0 Å². The summed E-state index contributed by atoms with van der Waals surface area (Å²) in [6.45, 7) is 1.79. The van der Waals surface area contributed by atoms with E-state index in [9.17, 15) is 4.79 Å². The number of benzene rings is 1. The molecule has 1 aromatic carbocycles. The summed E-state index contributed by atoms with van der Waals surface area (Å²) >= 11 is 8.27. The van der Waals surface area contributed by atoms with Crippen molar-refractivity contribution in [1.29, 1.82) is 0 Å². The molecule has 0 aliphatic carbocycles. The second-order valence-corrected chi connectivity index (χ2v) is 5.14. The first-order valence-electron chi connectivity index (χ1n) is 4.74. The van der Waals surface area contributed by atoms with Crippen LogP contribution < -0.4 is 0 Å². The van der Waals surface area contributed by atoms with E-state index in [0.29, 0.717) is 10.7 Å². The van der Waals surface area contributed by atoms with Gasteiger partial charge in [0.15, 0.2) is 5.69 Å². The molecule has 17 heavy (non-hydrogen) atoms. The number of hydrogen-bond donors (Lipinski definition) is 1. The van der Waals surface area contributed by atoms with E-state index in [0.717, 1.165) is 9.26 Å². The van der Waals surface area contributed by atoms with Gasteiger partial charge in [0.05, 0.1) is 10.7 Å². The van der Waals surface area contributed by atoms with Gasteiger partial charge in [-0.25, -0.2) is 9.48 Å². The smallest absolute Gasteiger partial charge is 0.356 e. The van der Waals surface area contributed by atoms with Crippen molar-refractivity contribution in [2.24, 2.45) is 0 Å². The molecule has 0 bridgehead atoms. The van der Waals surface area contributed by atoms with Gasteiger partial charge in [-0.3, -0.25) is 0 Å². The maximum Gasteiger partial charge on any atom is 0.356 e. The lowest BCUT2D eigenvalue weighted by atomic mass is 10.3. The first-order chi connectivity index (χ1) is 7.99. The van der Waals surface area contributed by atoms with E-state index in [-0.39, 0.29) is 5.69 Å². The Kier molecular flexibility index (Phi) is 3.39. The van der Waals surface area contributed by atoms with Gasteiger partial charge in [-0.1, -0.05) is 11.6 Å². The molecule has 0 saturated carbocycles. The van der Waals surface area contributed by atoms with Crippen LogP contribution in [0.2, 0.25) is 5.02 Å². The molecule has 0 fully saturated rings. The quantitative estimate of drug-likeness (QED) is 0.835. The van der Waals surface area contributed by atoms with Crippen LogP contribution in [-0.4, -0.2) is 20.9 Å². The third-order valence-corrected chi connectivity index (χ3v) is 3.22. The Balaban J connectivity index is 2.56. The molecule has 2 aromatic rings. The van der Waals surface area contributed by atoms with E-state index in [4.69, 9.17) is 16.7 Å². The van der Waals surface area contributed by atoms with Gasteiger partial charge in [0.25, 0.3) is 0 Å². The second-order valence-electron chi connectivity index (χ2n) is 3.48. The van der Waals surface area contributed by atoms with Crippen LogP contribution in [0.15, 0.2) is 24.3 Å². The fourth-order valence-corrected chi connectivity index (χ4v) is 2.41. The molecule has 0 spiro atoms. The Bertz CT molecular complexity index is 595. The van der Waals surface area contributed by atoms with Crippen LogP contribution in [0.5, 0.6) is 0 Å². The Hall–Kier alpha value is -1.08. The highest BCUT2D eigenvalue weighted by atomic mass is 127. The van der Waals surface area contributed by atoms with Crippen LogP contribution >= 0.6 is 34.2 Å². The lowest BCUT2D eigenvalue weighted by Crippen LogP contribution is -2.03. The molecule has 0 atom stereocenters. The first-order valence-corrected chi connectivity index (χ1v) is 6.20. The summed E-state index contributed by atoms with van der Waals surface area (Å²) in [4.78, 5) is 10.8. The van der Waals surface area contributed by atoms with E-state index >= 15 is 0 Å². The summed E-state index contributed by atoms with van der Waals surface area (Å²) in [6, 6.07) is 7.02. The topological polar surface area (TPSA) is 55.1 Å². The number of hydrogen-bond acceptors (Lipinski definition) is 2. The predicted molar refractivity (Wildman–Crippen MR) is 73.0 cm³/mol. The largest absolute Gasteiger partial charge is 0.476 e. The van der Waals surface area contributed by atoms with Gasteiger partial charge in [0.1, 0.15) is 0 Å². The van der Waals surface area contributed by atoms with Crippen molar-refractivity contribution in [3.63, 3.8) is 0 Å². The number of aromatic nitrogens is 2. The van der Waals surface area contributed by atoms with Gasteiger partial charge >= 0.3 is 5.97 Å². The van der Waals surface area contributed by atoms with Crippen LogP contribution in [0.1, 0.15) is 16.2 Å². The third kappa shape index (κ3) is 2.44. The molecule has 2 rings (SSSR count). The number of carbonyl (C=O) groups is 1. The average molecular weight is 363 g/mol. The normalized spacial score (nSPS) is 10.5. The molecular weight excluding hydrogens is 354 g/mol. The van der Waals surface area contributed by atoms with Gasteiger partial charge in [0, 0.05) is 9.26 Å². The average Bonchev–Trinajstić information content (AvgIpc) is 2.61. The van der Waals surface area contributed by atoms with E-state index in [1.54, 1.807) is 13.0 Å². The Morgan fingerprint density at radius 2 is 2.18 bits per heavy atom. The fraction of sp³-hybridized carbons (Fsp3) is 0.0909. The SMILES string of the molecule is Cc1cc(C(=O)O)nn1-c1ccc(I)cc1Cl. The zero-order chi connectivity index (χ0) is 12.6. The molecule has 1 heterocycles. The highest BCUT2D eigenvalue weighted by Gasteiger charge is 2.13. The molecule has 88 valence electrons. The number of aromatic carboxylic acids is 1. The van der Waals surface area contributed by atoms with Gasteiger partial charge in [0.2, 0.25) is 0 Å². The summed E-state index contributed by atoms with van der Waals surface area (Å²) in [5.74, 6) is -1.05. The monoisotopic (exact) mass is 362 g/mol. The van der Waals surface area contributed by atoms with E-state index < -0.39 is 5.97 Å². The molecule has 1 aromatic heterocycles. The van der Waals surface area contributed by atoms with Gasteiger partial charge < -0.3 is 5.11 Å². The zero-order valence-corrected chi connectivity index (χ0v) is 11.7. The number of aryl methyl sites for hydroxylation is 1.